The van der Waals surface area contributed by atoms with Gasteiger partial charge in [-0.1, -0.05) is 105 Å². The Morgan fingerprint density at radius 2 is 1.00 bits per heavy atom. The van der Waals surface area contributed by atoms with Gasteiger partial charge < -0.3 is 4.90 Å². The molecular formula is C44H31N3. The number of aryl methyl sites for hydroxylation is 2. The molecule has 222 valence electrons. The van der Waals surface area contributed by atoms with Gasteiger partial charge in [-0.2, -0.15) is 10.5 Å². The van der Waals surface area contributed by atoms with Gasteiger partial charge in [-0.15, -0.1) is 0 Å². The van der Waals surface area contributed by atoms with Crippen LogP contribution in [0.1, 0.15) is 69.5 Å². The molecule has 0 radical (unpaired) electrons. The quantitative estimate of drug-likeness (QED) is 0.188. The highest BCUT2D eigenvalue weighted by Crippen LogP contribution is 2.60. The van der Waals surface area contributed by atoms with Crippen molar-refractivity contribution in [1.29, 1.82) is 10.5 Å². The van der Waals surface area contributed by atoms with E-state index >= 15 is 0 Å². The molecule has 0 atom stereocenters. The molecule has 0 bridgehead atoms. The monoisotopic (exact) mass is 601 g/mol. The summed E-state index contributed by atoms with van der Waals surface area (Å²) in [7, 11) is 0. The molecule has 47 heavy (non-hydrogen) atoms. The molecule has 0 fully saturated rings. The molecule has 1 heterocycles. The summed E-state index contributed by atoms with van der Waals surface area (Å²) < 4.78 is 0. The molecule has 2 aliphatic carbocycles. The third kappa shape index (κ3) is 3.55. The number of anilines is 3. The first-order valence-electron chi connectivity index (χ1n) is 16.3. The highest BCUT2D eigenvalue weighted by molar-refractivity contribution is 5.90. The van der Waals surface area contributed by atoms with Crippen molar-refractivity contribution in [3.63, 3.8) is 0 Å². The number of hydrogen-bond acceptors (Lipinski definition) is 3. The van der Waals surface area contributed by atoms with Gasteiger partial charge in [-0.05, 0) is 105 Å². The van der Waals surface area contributed by atoms with E-state index in [0.29, 0.717) is 11.1 Å². The molecular weight excluding hydrogens is 571 g/mol. The van der Waals surface area contributed by atoms with E-state index in [-0.39, 0.29) is 5.41 Å². The number of fused-ring (bicyclic) bond motifs is 11. The molecule has 1 aliphatic heterocycles. The second-order valence-corrected chi connectivity index (χ2v) is 13.5. The fourth-order valence-electron chi connectivity index (χ4n) is 8.83. The van der Waals surface area contributed by atoms with Gasteiger partial charge in [0.1, 0.15) is 12.1 Å². The Morgan fingerprint density at radius 1 is 0.511 bits per heavy atom. The maximum Gasteiger partial charge on any atom is 0.101 e. The van der Waals surface area contributed by atoms with Gasteiger partial charge in [0.25, 0.3) is 0 Å². The first-order valence-corrected chi connectivity index (χ1v) is 16.3. The van der Waals surface area contributed by atoms with Crippen LogP contribution in [0.25, 0.3) is 11.1 Å². The van der Waals surface area contributed by atoms with Gasteiger partial charge in [0.2, 0.25) is 0 Å². The lowest BCUT2D eigenvalue weighted by Gasteiger charge is -2.42. The van der Waals surface area contributed by atoms with Crippen molar-refractivity contribution >= 4 is 17.1 Å². The van der Waals surface area contributed by atoms with Crippen molar-refractivity contribution < 1.29 is 0 Å². The van der Waals surface area contributed by atoms with Crippen LogP contribution in [0.15, 0.2) is 127 Å². The Kier molecular flexibility index (Phi) is 5.71. The summed E-state index contributed by atoms with van der Waals surface area (Å²) in [5, 5.41) is 20.3. The Balaban J connectivity index is 1.40. The summed E-state index contributed by atoms with van der Waals surface area (Å²) in [4.78, 5) is 2.43. The van der Waals surface area contributed by atoms with Crippen LogP contribution in [0.2, 0.25) is 0 Å². The number of hydrogen-bond donors (Lipinski definition) is 0. The third-order valence-electron chi connectivity index (χ3n) is 10.9. The number of benzene rings is 6. The number of para-hydroxylation sites is 2. The first kappa shape index (κ1) is 27.4. The van der Waals surface area contributed by atoms with Crippen molar-refractivity contribution in [3.8, 4) is 23.3 Å². The van der Waals surface area contributed by atoms with Gasteiger partial charge in [0, 0.05) is 11.1 Å². The minimum Gasteiger partial charge on any atom is -0.310 e. The second-order valence-electron chi connectivity index (χ2n) is 13.5. The minimum atomic E-state index is -0.655. The normalized spacial score (nSPS) is 15.5. The van der Waals surface area contributed by atoms with E-state index in [1.54, 1.807) is 0 Å². The predicted molar refractivity (Wildman–Crippen MR) is 187 cm³/mol. The number of rotatable bonds is 1. The molecule has 0 aromatic heterocycles. The zero-order chi connectivity index (χ0) is 31.9. The van der Waals surface area contributed by atoms with Crippen LogP contribution in [0.3, 0.4) is 0 Å². The average Bonchev–Trinajstić information content (AvgIpc) is 3.33. The largest absolute Gasteiger partial charge is 0.310 e. The maximum atomic E-state index is 10.3. The lowest BCUT2D eigenvalue weighted by Crippen LogP contribution is -2.32. The highest BCUT2D eigenvalue weighted by atomic mass is 15.2. The topological polar surface area (TPSA) is 50.8 Å². The van der Waals surface area contributed by atoms with Gasteiger partial charge in [0.05, 0.1) is 27.9 Å². The number of nitriles is 2. The Morgan fingerprint density at radius 3 is 1.60 bits per heavy atom. The SMILES string of the molecule is CC1(C)c2ccccc2N(c2ccc3c(c2)C2(c4cc(C#N)c(C#N)cc4CC3)c3ccccc3-c3ccccc32)c2ccccc21. The molecule has 3 aliphatic rings. The molecule has 6 aromatic carbocycles. The first-order chi connectivity index (χ1) is 23.0. The van der Waals surface area contributed by atoms with Crippen molar-refractivity contribution in [2.75, 3.05) is 4.90 Å². The van der Waals surface area contributed by atoms with Crippen LogP contribution in [-0.2, 0) is 23.7 Å². The summed E-state index contributed by atoms with van der Waals surface area (Å²) >= 11 is 0. The molecule has 0 saturated carbocycles. The van der Waals surface area contributed by atoms with Crippen molar-refractivity contribution in [1.82, 2.24) is 0 Å². The molecule has 3 heteroatoms. The molecule has 6 aromatic rings. The van der Waals surface area contributed by atoms with E-state index in [0.717, 1.165) is 29.7 Å². The molecule has 0 N–H and O–H groups in total. The molecule has 0 saturated heterocycles. The zero-order valence-corrected chi connectivity index (χ0v) is 26.4. The third-order valence-corrected chi connectivity index (χ3v) is 10.9. The smallest absolute Gasteiger partial charge is 0.101 e. The Bertz CT molecular complexity index is 2290. The predicted octanol–water partition coefficient (Wildman–Crippen LogP) is 10.0. The van der Waals surface area contributed by atoms with Crippen LogP contribution in [-0.4, -0.2) is 0 Å². The van der Waals surface area contributed by atoms with Gasteiger partial charge in [-0.3, -0.25) is 0 Å². The van der Waals surface area contributed by atoms with E-state index in [1.807, 2.05) is 12.1 Å². The van der Waals surface area contributed by atoms with Crippen molar-refractivity contribution in [3.05, 3.63) is 183 Å². The average molecular weight is 602 g/mol. The van der Waals surface area contributed by atoms with Gasteiger partial charge in [0.15, 0.2) is 0 Å². The van der Waals surface area contributed by atoms with Crippen molar-refractivity contribution in [2.24, 2.45) is 0 Å². The molecule has 0 unspecified atom stereocenters. The summed E-state index contributed by atoms with van der Waals surface area (Å²) in [5.41, 5.74) is 15.8. The van der Waals surface area contributed by atoms with Crippen LogP contribution >= 0.6 is 0 Å². The fourth-order valence-corrected chi connectivity index (χ4v) is 8.83. The van der Waals surface area contributed by atoms with E-state index in [2.05, 4.69) is 146 Å². The molecule has 1 spiro atoms. The van der Waals surface area contributed by atoms with E-state index in [1.165, 1.54) is 55.9 Å². The number of nitrogens with zero attached hydrogens (tertiary/aromatic N) is 3. The lowest BCUT2D eigenvalue weighted by molar-refractivity contribution is 0.632. The Labute approximate surface area is 275 Å². The summed E-state index contributed by atoms with van der Waals surface area (Å²) in [6.07, 6.45) is 1.63. The van der Waals surface area contributed by atoms with E-state index < -0.39 is 5.41 Å². The van der Waals surface area contributed by atoms with Crippen LogP contribution in [0.4, 0.5) is 17.1 Å². The molecule has 3 nitrogen and oxygen atoms in total. The fraction of sp³-hybridized carbons (Fsp3) is 0.136. The standard InChI is InChI=1S/C44H31N3/c1-43(2)37-15-7-9-17-41(37)47(42-18-10-8-16-38(42)43)32-22-21-28-19-20-29-23-30(26-45)31(27-46)24-39(29)44(40(28)25-32)35-13-5-3-11-33(35)34-12-4-6-14-36(34)44/h3-18,21-25H,19-20H2,1-2H3. The molecule has 0 amide bonds. The highest BCUT2D eigenvalue weighted by Gasteiger charge is 2.49. The second kappa shape index (κ2) is 9.80. The van der Waals surface area contributed by atoms with E-state index in [9.17, 15) is 10.5 Å². The van der Waals surface area contributed by atoms with Crippen LogP contribution < -0.4 is 4.90 Å². The van der Waals surface area contributed by atoms with Crippen LogP contribution in [0.5, 0.6) is 0 Å². The van der Waals surface area contributed by atoms with Crippen molar-refractivity contribution in [2.45, 2.75) is 37.5 Å². The van der Waals surface area contributed by atoms with Crippen LogP contribution in [0, 0.1) is 22.7 Å². The summed E-state index contributed by atoms with van der Waals surface area (Å²) in [5.74, 6) is 0. The lowest BCUT2D eigenvalue weighted by atomic mass is 9.65. The summed E-state index contributed by atoms with van der Waals surface area (Å²) in [6.45, 7) is 4.64. The summed E-state index contributed by atoms with van der Waals surface area (Å²) in [6, 6.07) is 50.7. The van der Waals surface area contributed by atoms with Gasteiger partial charge >= 0.3 is 0 Å². The minimum absolute atomic E-state index is 0.148. The Hall–Kier alpha value is -5.90. The van der Waals surface area contributed by atoms with Gasteiger partial charge in [-0.25, -0.2) is 0 Å². The molecule has 9 rings (SSSR count). The van der Waals surface area contributed by atoms with E-state index in [4.69, 9.17) is 0 Å². The zero-order valence-electron chi connectivity index (χ0n) is 26.4. The maximum absolute atomic E-state index is 10.3.